The van der Waals surface area contributed by atoms with Crippen LogP contribution < -0.4 is 5.32 Å². The summed E-state index contributed by atoms with van der Waals surface area (Å²) in [6, 6.07) is 5.41. The molecule has 1 unspecified atom stereocenters. The molecule has 1 aliphatic heterocycles. The van der Waals surface area contributed by atoms with Gasteiger partial charge in [0.05, 0.1) is 4.90 Å². The molecular formula is C14H22BrClN2O2S. The number of halogens is 2. The normalized spacial score (nSPS) is 18.8. The monoisotopic (exact) mass is 396 g/mol. The molecule has 1 heterocycles. The number of hydrogen-bond acceptors (Lipinski definition) is 3. The Morgan fingerprint density at radius 3 is 2.67 bits per heavy atom. The number of rotatable bonds is 5. The van der Waals surface area contributed by atoms with Crippen LogP contribution in [0.1, 0.15) is 25.3 Å². The molecule has 1 aliphatic rings. The Labute approximate surface area is 141 Å². The third-order valence-corrected chi connectivity index (χ3v) is 6.21. The first-order chi connectivity index (χ1) is 9.46. The molecular weight excluding hydrogens is 376 g/mol. The van der Waals surface area contributed by atoms with E-state index in [2.05, 4.69) is 21.2 Å². The zero-order chi connectivity index (χ0) is 14.8. The maximum absolute atomic E-state index is 12.9. The van der Waals surface area contributed by atoms with Gasteiger partial charge in [-0.1, -0.05) is 22.9 Å². The van der Waals surface area contributed by atoms with Crippen LogP contribution in [0.25, 0.3) is 0 Å². The van der Waals surface area contributed by atoms with E-state index >= 15 is 0 Å². The molecule has 0 spiro atoms. The molecule has 0 aliphatic carbocycles. The van der Waals surface area contributed by atoms with Gasteiger partial charge in [-0.05, 0) is 50.1 Å². The molecule has 1 fully saturated rings. The van der Waals surface area contributed by atoms with Crippen LogP contribution in [0.2, 0.25) is 0 Å². The zero-order valence-corrected chi connectivity index (χ0v) is 15.5. The number of sulfonamides is 1. The SMILES string of the molecule is CCCN(C1CCNC1)S(=O)(=O)c1ccc(Br)cc1C.Cl. The van der Waals surface area contributed by atoms with Gasteiger partial charge in [0.1, 0.15) is 0 Å². The van der Waals surface area contributed by atoms with Crippen molar-refractivity contribution < 1.29 is 8.42 Å². The lowest BCUT2D eigenvalue weighted by molar-refractivity contribution is 0.335. The Bertz CT molecular complexity index is 574. The van der Waals surface area contributed by atoms with Crippen LogP contribution >= 0.6 is 28.3 Å². The molecule has 0 amide bonds. The van der Waals surface area contributed by atoms with Gasteiger partial charge in [0.25, 0.3) is 0 Å². The van der Waals surface area contributed by atoms with Gasteiger partial charge < -0.3 is 5.32 Å². The average molecular weight is 398 g/mol. The Kier molecular flexibility index (Phi) is 7.13. The second-order valence-corrected chi connectivity index (χ2v) is 7.95. The Balaban J connectivity index is 0.00000220. The van der Waals surface area contributed by atoms with Gasteiger partial charge in [-0.2, -0.15) is 4.31 Å². The van der Waals surface area contributed by atoms with Crippen LogP contribution in [0.3, 0.4) is 0 Å². The lowest BCUT2D eigenvalue weighted by Crippen LogP contribution is -2.42. The molecule has 0 bridgehead atoms. The first kappa shape index (κ1) is 18.9. The lowest BCUT2D eigenvalue weighted by atomic mass is 10.2. The number of nitrogens with one attached hydrogen (secondary N) is 1. The van der Waals surface area contributed by atoms with Crippen LogP contribution in [0.5, 0.6) is 0 Å². The van der Waals surface area contributed by atoms with Gasteiger partial charge in [0, 0.05) is 23.6 Å². The van der Waals surface area contributed by atoms with E-state index in [0.29, 0.717) is 11.4 Å². The predicted octanol–water partition coefficient (Wildman–Crippen LogP) is 2.94. The number of nitrogens with zero attached hydrogens (tertiary/aromatic N) is 1. The van der Waals surface area contributed by atoms with Crippen LogP contribution in [0.4, 0.5) is 0 Å². The molecule has 1 atom stereocenters. The van der Waals surface area contributed by atoms with Crippen molar-refractivity contribution in [3.05, 3.63) is 28.2 Å². The summed E-state index contributed by atoms with van der Waals surface area (Å²) in [5.74, 6) is 0. The minimum absolute atomic E-state index is 0. The molecule has 21 heavy (non-hydrogen) atoms. The van der Waals surface area contributed by atoms with Crippen molar-refractivity contribution in [3.8, 4) is 0 Å². The number of hydrogen-bond donors (Lipinski definition) is 1. The van der Waals surface area contributed by atoms with E-state index in [1.165, 1.54) is 0 Å². The van der Waals surface area contributed by atoms with Crippen molar-refractivity contribution in [1.29, 1.82) is 0 Å². The van der Waals surface area contributed by atoms with Gasteiger partial charge in [-0.15, -0.1) is 12.4 Å². The fourth-order valence-electron chi connectivity index (χ4n) is 2.63. The highest BCUT2D eigenvalue weighted by Gasteiger charge is 2.33. The van der Waals surface area contributed by atoms with E-state index in [1.54, 1.807) is 16.4 Å². The molecule has 7 heteroatoms. The molecule has 0 radical (unpaired) electrons. The van der Waals surface area contributed by atoms with Crippen molar-refractivity contribution in [3.63, 3.8) is 0 Å². The fraction of sp³-hybridized carbons (Fsp3) is 0.571. The van der Waals surface area contributed by atoms with Gasteiger partial charge in [-0.25, -0.2) is 8.42 Å². The quantitative estimate of drug-likeness (QED) is 0.831. The Morgan fingerprint density at radius 2 is 2.14 bits per heavy atom. The third kappa shape index (κ3) is 4.20. The lowest BCUT2D eigenvalue weighted by Gasteiger charge is -2.28. The van der Waals surface area contributed by atoms with E-state index in [9.17, 15) is 8.42 Å². The summed E-state index contributed by atoms with van der Waals surface area (Å²) < 4.78 is 28.4. The minimum atomic E-state index is -3.42. The summed E-state index contributed by atoms with van der Waals surface area (Å²) in [6.07, 6.45) is 1.71. The minimum Gasteiger partial charge on any atom is -0.315 e. The second-order valence-electron chi connectivity index (χ2n) is 5.17. The maximum Gasteiger partial charge on any atom is 0.243 e. The first-order valence-corrected chi connectivity index (χ1v) is 9.19. The average Bonchev–Trinajstić information content (AvgIpc) is 2.88. The highest BCUT2D eigenvalue weighted by molar-refractivity contribution is 9.10. The van der Waals surface area contributed by atoms with Crippen LogP contribution in [0, 0.1) is 6.92 Å². The number of benzene rings is 1. The summed E-state index contributed by atoms with van der Waals surface area (Å²) in [7, 11) is -3.42. The smallest absolute Gasteiger partial charge is 0.243 e. The van der Waals surface area contributed by atoms with E-state index in [0.717, 1.165) is 36.0 Å². The standard InChI is InChI=1S/C14H21BrN2O2S.ClH/c1-3-8-17(13-6-7-16-10-13)20(18,19)14-5-4-12(15)9-11(14)2;/h4-5,9,13,16H,3,6-8,10H2,1-2H3;1H. The third-order valence-electron chi connectivity index (χ3n) is 3.61. The Morgan fingerprint density at radius 1 is 1.43 bits per heavy atom. The summed E-state index contributed by atoms with van der Waals surface area (Å²) in [6.45, 7) is 6.06. The molecule has 1 aromatic carbocycles. The molecule has 4 nitrogen and oxygen atoms in total. The molecule has 1 aromatic rings. The largest absolute Gasteiger partial charge is 0.315 e. The molecule has 2 rings (SSSR count). The number of aryl methyl sites for hydroxylation is 1. The van der Waals surface area contributed by atoms with Crippen molar-refractivity contribution in [2.45, 2.75) is 37.6 Å². The first-order valence-electron chi connectivity index (χ1n) is 6.95. The van der Waals surface area contributed by atoms with Crippen molar-refractivity contribution in [1.82, 2.24) is 9.62 Å². The molecule has 120 valence electrons. The predicted molar refractivity (Wildman–Crippen MR) is 91.6 cm³/mol. The highest BCUT2D eigenvalue weighted by Crippen LogP contribution is 2.26. The van der Waals surface area contributed by atoms with Gasteiger partial charge in [0.2, 0.25) is 10.0 Å². The molecule has 0 saturated carbocycles. The molecule has 0 aromatic heterocycles. The van der Waals surface area contributed by atoms with E-state index in [-0.39, 0.29) is 18.4 Å². The van der Waals surface area contributed by atoms with Gasteiger partial charge >= 0.3 is 0 Å². The van der Waals surface area contributed by atoms with Crippen molar-refractivity contribution in [2.75, 3.05) is 19.6 Å². The topological polar surface area (TPSA) is 49.4 Å². The summed E-state index contributed by atoms with van der Waals surface area (Å²) in [5.41, 5.74) is 0.784. The summed E-state index contributed by atoms with van der Waals surface area (Å²) in [4.78, 5) is 0.418. The van der Waals surface area contributed by atoms with Gasteiger partial charge in [-0.3, -0.25) is 0 Å². The van der Waals surface area contributed by atoms with Crippen LogP contribution in [0.15, 0.2) is 27.6 Å². The maximum atomic E-state index is 12.9. The van der Waals surface area contributed by atoms with E-state index < -0.39 is 10.0 Å². The van der Waals surface area contributed by atoms with Gasteiger partial charge in [0.15, 0.2) is 0 Å². The van der Waals surface area contributed by atoms with Crippen molar-refractivity contribution in [2.24, 2.45) is 0 Å². The molecule has 1 saturated heterocycles. The second kappa shape index (κ2) is 7.92. The van der Waals surface area contributed by atoms with E-state index in [4.69, 9.17) is 0 Å². The van der Waals surface area contributed by atoms with Crippen molar-refractivity contribution >= 4 is 38.4 Å². The Hall–Kier alpha value is -0.140. The summed E-state index contributed by atoms with van der Waals surface area (Å²) in [5, 5.41) is 3.24. The van der Waals surface area contributed by atoms with Crippen LogP contribution in [-0.2, 0) is 10.0 Å². The fourth-order valence-corrected chi connectivity index (χ4v) is 5.06. The van der Waals surface area contributed by atoms with Crippen LogP contribution in [-0.4, -0.2) is 38.4 Å². The molecule has 1 N–H and O–H groups in total. The zero-order valence-electron chi connectivity index (χ0n) is 12.3. The summed E-state index contributed by atoms with van der Waals surface area (Å²) >= 11 is 3.38. The van der Waals surface area contributed by atoms with E-state index in [1.807, 2.05) is 19.9 Å². The highest BCUT2D eigenvalue weighted by atomic mass is 79.9.